The first kappa shape index (κ1) is 21.1. The second-order valence-electron chi connectivity index (χ2n) is 8.51. The zero-order valence-corrected chi connectivity index (χ0v) is 17.4. The van der Waals surface area contributed by atoms with Gasteiger partial charge in [0.25, 0.3) is 0 Å². The van der Waals surface area contributed by atoms with E-state index in [0.29, 0.717) is 24.5 Å². The second-order valence-corrected chi connectivity index (χ2v) is 8.51. The molecule has 0 bridgehead atoms. The van der Waals surface area contributed by atoms with Crippen molar-refractivity contribution in [3.8, 4) is 5.75 Å². The Morgan fingerprint density at radius 2 is 1.82 bits per heavy atom. The van der Waals surface area contributed by atoms with Crippen molar-refractivity contribution >= 4 is 0 Å². The molecule has 1 fully saturated rings. The molecule has 3 rings (SSSR count). The smallest absolute Gasteiger partial charge is 0.200 e. The van der Waals surface area contributed by atoms with E-state index in [-0.39, 0.29) is 5.75 Å². The van der Waals surface area contributed by atoms with Crippen molar-refractivity contribution in [2.75, 3.05) is 6.61 Å². The predicted octanol–water partition coefficient (Wildman–Crippen LogP) is 7.41. The van der Waals surface area contributed by atoms with Crippen LogP contribution >= 0.6 is 0 Å². The highest BCUT2D eigenvalue weighted by Gasteiger charge is 2.27. The second kappa shape index (κ2) is 10.2. The van der Waals surface area contributed by atoms with Gasteiger partial charge in [0.1, 0.15) is 0 Å². The Hall–Kier alpha value is -1.64. The number of ether oxygens (including phenoxy) is 1. The standard InChI is InChI=1S/C25H34F2O/c1-3-28-23-17-16-22(24(26)25(23)27)7-5-4-6-19-10-14-21(15-11-19)20-12-8-18(2)9-13-20/h4,6,8,16-17,19-21H,3,5,7,9-15H2,1-2H3. The summed E-state index contributed by atoms with van der Waals surface area (Å²) >= 11 is 0. The van der Waals surface area contributed by atoms with Crippen LogP contribution in [0.15, 0.2) is 35.9 Å². The van der Waals surface area contributed by atoms with E-state index in [1.54, 1.807) is 18.6 Å². The maximum atomic E-state index is 14.1. The van der Waals surface area contributed by atoms with Gasteiger partial charge in [-0.3, -0.25) is 0 Å². The van der Waals surface area contributed by atoms with Crippen LogP contribution < -0.4 is 4.74 Å². The average molecular weight is 389 g/mol. The summed E-state index contributed by atoms with van der Waals surface area (Å²) in [4.78, 5) is 0. The van der Waals surface area contributed by atoms with Gasteiger partial charge in [-0.25, -0.2) is 4.39 Å². The molecular formula is C25H34F2O. The highest BCUT2D eigenvalue weighted by molar-refractivity contribution is 5.31. The van der Waals surface area contributed by atoms with E-state index in [1.165, 1.54) is 51.0 Å². The molecule has 0 radical (unpaired) electrons. The summed E-state index contributed by atoms with van der Waals surface area (Å²) < 4.78 is 33.2. The first-order chi connectivity index (χ1) is 13.6. The number of hydrogen-bond acceptors (Lipinski definition) is 1. The van der Waals surface area contributed by atoms with Crippen LogP contribution in [0.1, 0.15) is 70.8 Å². The fraction of sp³-hybridized carbons (Fsp3) is 0.600. The third kappa shape index (κ3) is 5.46. The van der Waals surface area contributed by atoms with Crippen molar-refractivity contribution in [3.63, 3.8) is 0 Å². The lowest BCUT2D eigenvalue weighted by Crippen LogP contribution is -2.22. The summed E-state index contributed by atoms with van der Waals surface area (Å²) in [6, 6.07) is 3.17. The highest BCUT2D eigenvalue weighted by atomic mass is 19.2. The summed E-state index contributed by atoms with van der Waals surface area (Å²) in [5.74, 6) is 0.811. The Morgan fingerprint density at radius 1 is 1.04 bits per heavy atom. The van der Waals surface area contributed by atoms with Gasteiger partial charge in [-0.15, -0.1) is 0 Å². The molecule has 154 valence electrons. The van der Waals surface area contributed by atoms with E-state index in [1.807, 2.05) is 0 Å². The van der Waals surface area contributed by atoms with Gasteiger partial charge >= 0.3 is 0 Å². The molecule has 1 aromatic carbocycles. The van der Waals surface area contributed by atoms with Crippen LogP contribution in [-0.2, 0) is 6.42 Å². The Balaban J connectivity index is 1.42. The molecule has 2 aliphatic rings. The fourth-order valence-electron chi connectivity index (χ4n) is 4.78. The molecule has 28 heavy (non-hydrogen) atoms. The summed E-state index contributed by atoms with van der Waals surface area (Å²) in [5.41, 5.74) is 1.99. The molecular weight excluding hydrogens is 354 g/mol. The van der Waals surface area contributed by atoms with E-state index in [2.05, 4.69) is 25.2 Å². The summed E-state index contributed by atoms with van der Waals surface area (Å²) in [5, 5.41) is 0. The van der Waals surface area contributed by atoms with Crippen LogP contribution in [0.25, 0.3) is 0 Å². The molecule has 0 spiro atoms. The topological polar surface area (TPSA) is 9.23 Å². The molecule has 0 amide bonds. The fourth-order valence-corrected chi connectivity index (χ4v) is 4.78. The van der Waals surface area contributed by atoms with Crippen molar-refractivity contribution in [1.82, 2.24) is 0 Å². The summed E-state index contributed by atoms with van der Waals surface area (Å²) in [6.45, 7) is 4.35. The van der Waals surface area contributed by atoms with Crippen LogP contribution in [0.2, 0.25) is 0 Å². The first-order valence-corrected chi connectivity index (χ1v) is 11.0. The average Bonchev–Trinajstić information content (AvgIpc) is 2.71. The molecule has 0 N–H and O–H groups in total. The predicted molar refractivity (Wildman–Crippen MR) is 112 cm³/mol. The third-order valence-electron chi connectivity index (χ3n) is 6.58. The highest BCUT2D eigenvalue weighted by Crippen LogP contribution is 2.39. The largest absolute Gasteiger partial charge is 0.491 e. The number of aryl methyl sites for hydroxylation is 1. The molecule has 1 aromatic rings. The SMILES string of the molecule is CCOc1ccc(CCC=CC2CCC(C3CC=C(C)CC3)CC2)c(F)c1F. The van der Waals surface area contributed by atoms with Gasteiger partial charge in [0.15, 0.2) is 11.6 Å². The van der Waals surface area contributed by atoms with Crippen molar-refractivity contribution in [2.24, 2.45) is 17.8 Å². The number of allylic oxidation sites excluding steroid dienone is 4. The van der Waals surface area contributed by atoms with Gasteiger partial charge in [-0.1, -0.05) is 29.9 Å². The lowest BCUT2D eigenvalue weighted by molar-refractivity contribution is 0.209. The lowest BCUT2D eigenvalue weighted by Gasteiger charge is -2.34. The minimum absolute atomic E-state index is 0.000307. The van der Waals surface area contributed by atoms with Crippen LogP contribution in [0.4, 0.5) is 8.78 Å². The van der Waals surface area contributed by atoms with Gasteiger partial charge in [0.05, 0.1) is 6.61 Å². The number of benzene rings is 1. The van der Waals surface area contributed by atoms with Gasteiger partial charge in [0, 0.05) is 0 Å². The molecule has 1 atom stereocenters. The zero-order valence-electron chi connectivity index (χ0n) is 17.4. The van der Waals surface area contributed by atoms with Crippen molar-refractivity contribution < 1.29 is 13.5 Å². The number of hydrogen-bond donors (Lipinski definition) is 0. The Morgan fingerprint density at radius 3 is 2.50 bits per heavy atom. The van der Waals surface area contributed by atoms with E-state index >= 15 is 0 Å². The van der Waals surface area contributed by atoms with Crippen molar-refractivity contribution in [2.45, 2.75) is 71.6 Å². The molecule has 0 aliphatic heterocycles. The monoisotopic (exact) mass is 388 g/mol. The minimum atomic E-state index is -0.866. The number of rotatable bonds is 7. The van der Waals surface area contributed by atoms with Gasteiger partial charge in [-0.05, 0) is 101 Å². The zero-order chi connectivity index (χ0) is 19.9. The number of halogens is 2. The minimum Gasteiger partial charge on any atom is -0.491 e. The van der Waals surface area contributed by atoms with Crippen molar-refractivity contribution in [3.05, 3.63) is 53.1 Å². The van der Waals surface area contributed by atoms with Gasteiger partial charge in [0.2, 0.25) is 5.82 Å². The normalized spacial score (nSPS) is 25.7. The molecule has 0 heterocycles. The maximum absolute atomic E-state index is 14.1. The Kier molecular flexibility index (Phi) is 7.70. The van der Waals surface area contributed by atoms with Crippen LogP contribution in [0, 0.1) is 29.4 Å². The molecule has 0 aromatic heterocycles. The molecule has 0 saturated heterocycles. The molecule has 2 aliphatic carbocycles. The van der Waals surface area contributed by atoms with Gasteiger partial charge < -0.3 is 4.74 Å². The van der Waals surface area contributed by atoms with E-state index in [4.69, 9.17) is 4.74 Å². The van der Waals surface area contributed by atoms with Crippen molar-refractivity contribution in [1.29, 1.82) is 0 Å². The molecule has 3 heteroatoms. The van der Waals surface area contributed by atoms with Crippen LogP contribution in [0.3, 0.4) is 0 Å². The molecule has 1 saturated carbocycles. The Labute approximate surface area is 168 Å². The van der Waals surface area contributed by atoms with Crippen LogP contribution in [-0.4, -0.2) is 6.61 Å². The summed E-state index contributed by atoms with van der Waals surface area (Å²) in [7, 11) is 0. The first-order valence-electron chi connectivity index (χ1n) is 11.0. The quantitative estimate of drug-likeness (QED) is 0.442. The van der Waals surface area contributed by atoms with Crippen LogP contribution in [0.5, 0.6) is 5.75 Å². The van der Waals surface area contributed by atoms with E-state index in [9.17, 15) is 8.78 Å². The van der Waals surface area contributed by atoms with E-state index in [0.717, 1.165) is 18.3 Å². The lowest BCUT2D eigenvalue weighted by atomic mass is 9.71. The van der Waals surface area contributed by atoms with E-state index < -0.39 is 11.6 Å². The maximum Gasteiger partial charge on any atom is 0.200 e. The van der Waals surface area contributed by atoms with Gasteiger partial charge in [-0.2, -0.15) is 4.39 Å². The Bertz CT molecular complexity index is 699. The third-order valence-corrected chi connectivity index (χ3v) is 6.58. The summed E-state index contributed by atoms with van der Waals surface area (Å²) in [6.07, 6.45) is 17.3. The molecule has 1 nitrogen and oxygen atoms in total. The molecule has 1 unspecified atom stereocenters.